The van der Waals surface area contributed by atoms with Crippen LogP contribution in [0.2, 0.25) is 10.0 Å². The molecule has 77 heavy (non-hydrogen) atoms. The molecule has 6 heterocycles. The molecule has 412 valence electrons. The number of thiazole rings is 2. The van der Waals surface area contributed by atoms with Gasteiger partial charge >= 0.3 is 0 Å². The van der Waals surface area contributed by atoms with Gasteiger partial charge in [-0.05, 0) is 75.9 Å². The summed E-state index contributed by atoms with van der Waals surface area (Å²) in [7, 11) is 0. The van der Waals surface area contributed by atoms with Gasteiger partial charge in [-0.1, -0.05) is 70.1 Å². The van der Waals surface area contributed by atoms with Crippen LogP contribution in [0.1, 0.15) is 67.1 Å². The van der Waals surface area contributed by atoms with Gasteiger partial charge < -0.3 is 44.1 Å². The number of nitrogens with one attached hydrogen (secondary N) is 2. The number of aromatic nitrogens is 6. The van der Waals surface area contributed by atoms with Crippen molar-refractivity contribution in [3.63, 3.8) is 0 Å². The van der Waals surface area contributed by atoms with Gasteiger partial charge in [0, 0.05) is 87.4 Å². The zero-order valence-corrected chi connectivity index (χ0v) is 47.7. The number of piperazine rings is 2. The molecule has 2 aromatic carbocycles. The van der Waals surface area contributed by atoms with Gasteiger partial charge in [-0.15, -0.1) is 0 Å². The standard InChI is InChI=1S/C54H68Cl2N12O7S2/c1-35-9-7-11-43(55)41(35)29-45(69)47-33-57-53(76-47)63-49-31-51(61-37(3)59-49)67-17-13-65(14-18-67)39(5)74-27-25-72-23-21-71-22-24-73-26-28-75-40(6)66-15-19-68(20-16-66)52-32-50(60-38(4)62-52)64-54-58-34-48(77-54)46(70)30-42-36(2)10-8-12-44(42)56/h7-12,31-34,39-40H,13-30H2,1-6H3,(H,57,59,61,63)(H,58,60,62,64). The van der Waals surface area contributed by atoms with Crippen molar-refractivity contribution >= 4 is 91.0 Å². The molecule has 4 aromatic heterocycles. The van der Waals surface area contributed by atoms with Crippen LogP contribution in [0.15, 0.2) is 60.9 Å². The van der Waals surface area contributed by atoms with Crippen molar-refractivity contribution in [3.05, 3.63) is 115 Å². The fraction of sp³-hybridized carbons (Fsp3) is 0.481. The van der Waals surface area contributed by atoms with Crippen LogP contribution in [0.5, 0.6) is 0 Å². The van der Waals surface area contributed by atoms with Crippen LogP contribution in [-0.2, 0) is 36.5 Å². The highest BCUT2D eigenvalue weighted by Crippen LogP contribution is 2.30. The smallest absolute Gasteiger partial charge is 0.188 e. The normalized spacial score (nSPS) is 15.2. The first-order valence-corrected chi connectivity index (χ1v) is 28.3. The van der Waals surface area contributed by atoms with E-state index in [2.05, 4.69) is 64.0 Å². The zero-order chi connectivity index (χ0) is 54.3. The van der Waals surface area contributed by atoms with Crippen molar-refractivity contribution in [1.29, 1.82) is 0 Å². The molecule has 0 spiro atoms. The van der Waals surface area contributed by atoms with Gasteiger partial charge in [0.2, 0.25) is 0 Å². The van der Waals surface area contributed by atoms with E-state index in [0.717, 1.165) is 86.2 Å². The number of anilines is 6. The Balaban J connectivity index is 0.631. The molecule has 2 N–H and O–H groups in total. The third kappa shape index (κ3) is 16.9. The van der Waals surface area contributed by atoms with Crippen molar-refractivity contribution < 1.29 is 33.3 Å². The number of halogens is 2. The third-order valence-corrected chi connectivity index (χ3v) is 15.9. The molecule has 0 amide bonds. The second-order valence-corrected chi connectivity index (χ2v) is 21.6. The molecule has 6 aromatic rings. The molecule has 2 fully saturated rings. The molecule has 0 saturated carbocycles. The van der Waals surface area contributed by atoms with E-state index in [9.17, 15) is 9.59 Å². The van der Waals surface area contributed by atoms with Crippen LogP contribution >= 0.6 is 45.9 Å². The number of Topliss-reactive ketones (excluding diaryl/α,β-unsaturated/α-hetero) is 2. The number of hydrogen-bond donors (Lipinski definition) is 2. The Hall–Kier alpha value is -5.30. The van der Waals surface area contributed by atoms with E-state index in [1.54, 1.807) is 24.5 Å². The van der Waals surface area contributed by atoms with Crippen molar-refractivity contribution in [2.45, 2.75) is 66.8 Å². The first kappa shape index (κ1) is 57.9. The highest BCUT2D eigenvalue weighted by atomic mass is 35.5. The Bertz CT molecular complexity index is 2670. The summed E-state index contributed by atoms with van der Waals surface area (Å²) in [6, 6.07) is 15.1. The fourth-order valence-electron chi connectivity index (χ4n) is 8.91. The number of carbonyl (C=O) groups excluding carboxylic acids is 2. The van der Waals surface area contributed by atoms with Crippen LogP contribution < -0.4 is 20.4 Å². The number of hydrogen-bond acceptors (Lipinski definition) is 21. The van der Waals surface area contributed by atoms with E-state index in [1.165, 1.54) is 22.7 Å². The summed E-state index contributed by atoms with van der Waals surface area (Å²) in [5.74, 6) is 4.14. The van der Waals surface area contributed by atoms with Crippen LogP contribution in [-0.4, -0.2) is 169 Å². The lowest BCUT2D eigenvalue weighted by Crippen LogP contribution is -2.50. The fourth-order valence-corrected chi connectivity index (χ4v) is 11.0. The number of benzene rings is 2. The molecule has 0 bridgehead atoms. The predicted molar refractivity (Wildman–Crippen MR) is 304 cm³/mol. The second kappa shape index (κ2) is 28.5. The van der Waals surface area contributed by atoms with Crippen molar-refractivity contribution in [2.75, 3.05) is 126 Å². The lowest BCUT2D eigenvalue weighted by molar-refractivity contribution is -0.0767. The maximum atomic E-state index is 13.1. The highest BCUT2D eigenvalue weighted by Gasteiger charge is 2.26. The van der Waals surface area contributed by atoms with Crippen molar-refractivity contribution in [1.82, 2.24) is 39.7 Å². The van der Waals surface area contributed by atoms with Crippen molar-refractivity contribution in [2.24, 2.45) is 0 Å². The minimum absolute atomic E-state index is 0.0319. The molecular weight excluding hydrogens is 1060 g/mol. The molecule has 23 heteroatoms. The summed E-state index contributed by atoms with van der Waals surface area (Å²) >= 11 is 15.3. The van der Waals surface area contributed by atoms with Gasteiger partial charge in [-0.25, -0.2) is 29.9 Å². The summed E-state index contributed by atoms with van der Waals surface area (Å²) < 4.78 is 29.5. The molecule has 19 nitrogen and oxygen atoms in total. The lowest BCUT2D eigenvalue weighted by Gasteiger charge is -2.38. The lowest BCUT2D eigenvalue weighted by atomic mass is 10.0. The summed E-state index contributed by atoms with van der Waals surface area (Å²) in [4.78, 5) is 63.9. The average Bonchev–Trinajstić information content (AvgIpc) is 4.10. The number of ketones is 2. The number of rotatable bonds is 28. The van der Waals surface area contributed by atoms with E-state index < -0.39 is 0 Å². The predicted octanol–water partition coefficient (Wildman–Crippen LogP) is 8.78. The molecule has 2 atom stereocenters. The molecule has 2 aliphatic rings. The largest absolute Gasteiger partial charge is 0.377 e. The molecule has 2 unspecified atom stereocenters. The van der Waals surface area contributed by atoms with E-state index in [0.29, 0.717) is 106 Å². The number of nitrogens with zero attached hydrogens (tertiary/aromatic N) is 10. The average molecular weight is 1130 g/mol. The zero-order valence-electron chi connectivity index (χ0n) is 44.6. The maximum Gasteiger partial charge on any atom is 0.188 e. The van der Waals surface area contributed by atoms with Crippen molar-refractivity contribution in [3.8, 4) is 0 Å². The number of aryl methyl sites for hydroxylation is 4. The maximum absolute atomic E-state index is 13.1. The topological polar surface area (TPSA) is 195 Å². The van der Waals surface area contributed by atoms with Gasteiger partial charge in [0.05, 0.1) is 75.0 Å². The first-order chi connectivity index (χ1) is 37.3. The van der Waals surface area contributed by atoms with Gasteiger partial charge in [0.1, 0.15) is 47.4 Å². The Morgan fingerprint density at radius 1 is 0.558 bits per heavy atom. The molecule has 2 saturated heterocycles. The minimum atomic E-state index is -0.0552. The molecule has 2 aliphatic heterocycles. The van der Waals surface area contributed by atoms with Crippen LogP contribution in [0, 0.1) is 27.7 Å². The van der Waals surface area contributed by atoms with E-state index >= 15 is 0 Å². The highest BCUT2D eigenvalue weighted by molar-refractivity contribution is 7.17. The van der Waals surface area contributed by atoms with Crippen LogP contribution in [0.3, 0.4) is 0 Å². The van der Waals surface area contributed by atoms with E-state index in [4.69, 9.17) is 56.9 Å². The second-order valence-electron chi connectivity index (χ2n) is 18.7. The van der Waals surface area contributed by atoms with E-state index in [1.807, 2.05) is 64.1 Å². The summed E-state index contributed by atoms with van der Waals surface area (Å²) in [5.41, 5.74) is 3.64. The van der Waals surface area contributed by atoms with Crippen LogP contribution in [0.25, 0.3) is 0 Å². The van der Waals surface area contributed by atoms with Gasteiger partial charge in [-0.2, -0.15) is 0 Å². The summed E-state index contributed by atoms with van der Waals surface area (Å²) in [5, 5.41) is 8.90. The Kier molecular flexibility index (Phi) is 21.4. The third-order valence-electron chi connectivity index (χ3n) is 13.3. The summed E-state index contributed by atoms with van der Waals surface area (Å²) in [6.45, 7) is 22.0. The molecular formula is C54H68Cl2N12O7S2. The Labute approximate surface area is 468 Å². The number of carbonyl (C=O) groups is 2. The Morgan fingerprint density at radius 2 is 0.935 bits per heavy atom. The van der Waals surface area contributed by atoms with Gasteiger partial charge in [-0.3, -0.25) is 19.4 Å². The van der Waals surface area contributed by atoms with Gasteiger partial charge in [0.25, 0.3) is 0 Å². The van der Waals surface area contributed by atoms with E-state index in [-0.39, 0.29) is 36.9 Å². The minimum Gasteiger partial charge on any atom is -0.377 e. The Morgan fingerprint density at radius 3 is 1.31 bits per heavy atom. The monoisotopic (exact) mass is 1130 g/mol. The van der Waals surface area contributed by atoms with Gasteiger partial charge in [0.15, 0.2) is 21.8 Å². The SMILES string of the molecule is Cc1nc(Nc2ncc(C(=O)Cc3c(C)cccc3Cl)s2)cc(N2CCN(C(C)OCCOCCOCCOCCOC(C)N3CCN(c4cc(Nc5ncc(C(=O)Cc6c(C)cccc6Cl)s5)nc(C)n4)CC3)CC2)n1. The first-order valence-electron chi connectivity index (χ1n) is 25.9. The molecule has 0 radical (unpaired) electrons. The quantitative estimate of drug-likeness (QED) is 0.0349. The number of ether oxygens (including phenoxy) is 5. The molecule has 8 rings (SSSR count). The molecule has 0 aliphatic carbocycles. The van der Waals surface area contributed by atoms with Crippen LogP contribution in [0.4, 0.5) is 33.5 Å². The summed E-state index contributed by atoms with van der Waals surface area (Å²) in [6.07, 6.45) is 3.53.